The Balaban J connectivity index is 2.31. The van der Waals surface area contributed by atoms with Crippen molar-refractivity contribution in [3.63, 3.8) is 0 Å². The molecular weight excluding hydrogens is 256 g/mol. The largest absolute Gasteiger partial charge is 0.493 e. The lowest BCUT2D eigenvalue weighted by atomic mass is 10.2. The van der Waals surface area contributed by atoms with Gasteiger partial charge >= 0.3 is 0 Å². The molecule has 1 aromatic carbocycles. The van der Waals surface area contributed by atoms with Gasteiger partial charge in [0.15, 0.2) is 11.5 Å². The van der Waals surface area contributed by atoms with Crippen molar-refractivity contribution in [2.24, 2.45) is 0 Å². The number of hydrogen-bond acceptors (Lipinski definition) is 5. The van der Waals surface area contributed by atoms with Crippen molar-refractivity contribution in [3.8, 4) is 17.4 Å². The average Bonchev–Trinajstić information content (AvgIpc) is 2.47. The minimum atomic E-state index is -0.0385. The Bertz CT molecular complexity index is 600. The maximum atomic E-state index is 9.13. The zero-order valence-electron chi connectivity index (χ0n) is 11.9. The molecule has 2 aromatic rings. The standard InChI is InChI=1S/C15H18N2O3/c1-4-12-8-15(17-10(2)16-12)20-13-6-5-11(9-18)7-14(13)19-3/h5-8,18H,4,9H2,1-3H3. The highest BCUT2D eigenvalue weighted by atomic mass is 16.5. The van der Waals surface area contributed by atoms with Crippen molar-refractivity contribution in [1.29, 1.82) is 0 Å². The van der Waals surface area contributed by atoms with Gasteiger partial charge in [-0.2, -0.15) is 4.98 Å². The molecule has 5 nitrogen and oxygen atoms in total. The lowest BCUT2D eigenvalue weighted by Gasteiger charge is -2.11. The van der Waals surface area contributed by atoms with E-state index in [1.54, 1.807) is 25.3 Å². The van der Waals surface area contributed by atoms with Crippen LogP contribution in [0.1, 0.15) is 24.0 Å². The molecule has 5 heteroatoms. The van der Waals surface area contributed by atoms with Crippen molar-refractivity contribution < 1.29 is 14.6 Å². The molecule has 1 aromatic heterocycles. The quantitative estimate of drug-likeness (QED) is 0.908. The first kappa shape index (κ1) is 14.3. The molecule has 1 heterocycles. The van der Waals surface area contributed by atoms with Crippen LogP contribution >= 0.6 is 0 Å². The van der Waals surface area contributed by atoms with Gasteiger partial charge in [0.1, 0.15) is 5.82 Å². The van der Waals surface area contributed by atoms with Crippen molar-refractivity contribution in [3.05, 3.63) is 41.3 Å². The molecule has 0 atom stereocenters. The van der Waals surface area contributed by atoms with E-state index in [2.05, 4.69) is 9.97 Å². The van der Waals surface area contributed by atoms with Crippen LogP contribution in [-0.4, -0.2) is 22.2 Å². The SMILES string of the molecule is CCc1cc(Oc2ccc(CO)cc2OC)nc(C)n1. The number of aromatic nitrogens is 2. The van der Waals surface area contributed by atoms with Gasteiger partial charge in [-0.25, -0.2) is 4.98 Å². The van der Waals surface area contributed by atoms with Gasteiger partial charge in [0, 0.05) is 11.8 Å². The average molecular weight is 274 g/mol. The highest BCUT2D eigenvalue weighted by Crippen LogP contribution is 2.31. The Morgan fingerprint density at radius 2 is 1.95 bits per heavy atom. The van der Waals surface area contributed by atoms with Crippen LogP contribution in [0.2, 0.25) is 0 Å². The van der Waals surface area contributed by atoms with Crippen LogP contribution in [0, 0.1) is 6.92 Å². The van der Waals surface area contributed by atoms with Gasteiger partial charge in [0.05, 0.1) is 13.7 Å². The normalized spacial score (nSPS) is 10.4. The topological polar surface area (TPSA) is 64.5 Å². The van der Waals surface area contributed by atoms with Gasteiger partial charge in [-0.15, -0.1) is 0 Å². The summed E-state index contributed by atoms with van der Waals surface area (Å²) in [5, 5.41) is 9.13. The number of nitrogens with zero attached hydrogens (tertiary/aromatic N) is 2. The van der Waals surface area contributed by atoms with E-state index < -0.39 is 0 Å². The summed E-state index contributed by atoms with van der Waals surface area (Å²) in [7, 11) is 1.56. The van der Waals surface area contributed by atoms with Crippen molar-refractivity contribution in [2.45, 2.75) is 26.9 Å². The van der Waals surface area contributed by atoms with Gasteiger partial charge < -0.3 is 14.6 Å². The fraction of sp³-hybridized carbons (Fsp3) is 0.333. The summed E-state index contributed by atoms with van der Waals surface area (Å²) in [5.41, 5.74) is 1.70. The second-order valence-electron chi connectivity index (χ2n) is 4.34. The van der Waals surface area contributed by atoms with Gasteiger partial charge in [0.25, 0.3) is 0 Å². The smallest absolute Gasteiger partial charge is 0.222 e. The van der Waals surface area contributed by atoms with E-state index in [-0.39, 0.29) is 6.61 Å². The Hall–Kier alpha value is -2.14. The molecule has 0 aliphatic heterocycles. The maximum absolute atomic E-state index is 9.13. The van der Waals surface area contributed by atoms with Crippen LogP contribution in [0.4, 0.5) is 0 Å². The number of methoxy groups -OCH3 is 1. The van der Waals surface area contributed by atoms with Gasteiger partial charge in [-0.05, 0) is 31.0 Å². The summed E-state index contributed by atoms with van der Waals surface area (Å²) in [6.07, 6.45) is 0.820. The summed E-state index contributed by atoms with van der Waals surface area (Å²) in [6, 6.07) is 7.09. The maximum Gasteiger partial charge on any atom is 0.222 e. The van der Waals surface area contributed by atoms with Crippen LogP contribution in [-0.2, 0) is 13.0 Å². The van der Waals surface area contributed by atoms with E-state index >= 15 is 0 Å². The highest BCUT2D eigenvalue weighted by molar-refractivity contribution is 5.44. The van der Waals surface area contributed by atoms with Crippen LogP contribution in [0.3, 0.4) is 0 Å². The molecule has 0 aliphatic carbocycles. The second kappa shape index (κ2) is 6.34. The molecule has 0 saturated carbocycles. The lowest BCUT2D eigenvalue weighted by molar-refractivity contribution is 0.280. The van der Waals surface area contributed by atoms with Crippen LogP contribution in [0.25, 0.3) is 0 Å². The van der Waals surface area contributed by atoms with Crippen LogP contribution in [0.15, 0.2) is 24.3 Å². The van der Waals surface area contributed by atoms with Crippen LogP contribution < -0.4 is 9.47 Å². The van der Waals surface area contributed by atoms with E-state index in [1.807, 2.05) is 19.9 Å². The predicted molar refractivity (Wildman–Crippen MR) is 75.1 cm³/mol. The molecule has 2 rings (SSSR count). The number of aryl methyl sites for hydroxylation is 2. The molecule has 1 N–H and O–H groups in total. The number of benzene rings is 1. The molecule has 0 radical (unpaired) electrons. The van der Waals surface area contributed by atoms with Gasteiger partial charge in [0.2, 0.25) is 5.88 Å². The fourth-order valence-electron chi connectivity index (χ4n) is 1.84. The molecule has 0 unspecified atom stereocenters. The van der Waals surface area contributed by atoms with E-state index in [4.69, 9.17) is 14.6 Å². The molecule has 0 fully saturated rings. The Labute approximate surface area is 118 Å². The molecule has 0 saturated heterocycles. The molecule has 106 valence electrons. The van der Waals surface area contributed by atoms with Crippen molar-refractivity contribution >= 4 is 0 Å². The van der Waals surface area contributed by atoms with Crippen molar-refractivity contribution in [2.75, 3.05) is 7.11 Å². The molecule has 20 heavy (non-hydrogen) atoms. The molecule has 0 amide bonds. The Morgan fingerprint density at radius 1 is 1.15 bits per heavy atom. The number of hydrogen-bond donors (Lipinski definition) is 1. The third-order valence-corrected chi connectivity index (χ3v) is 2.85. The van der Waals surface area contributed by atoms with E-state index in [0.717, 1.165) is 17.7 Å². The van der Waals surface area contributed by atoms with Gasteiger partial charge in [-0.3, -0.25) is 0 Å². The molecule has 0 spiro atoms. The summed E-state index contributed by atoms with van der Waals surface area (Å²) in [6.45, 7) is 3.82. The first-order valence-electron chi connectivity index (χ1n) is 6.46. The highest BCUT2D eigenvalue weighted by Gasteiger charge is 2.09. The number of aliphatic hydroxyl groups excluding tert-OH is 1. The third-order valence-electron chi connectivity index (χ3n) is 2.85. The van der Waals surface area contributed by atoms with E-state index in [9.17, 15) is 0 Å². The monoisotopic (exact) mass is 274 g/mol. The molecular formula is C15H18N2O3. The third kappa shape index (κ3) is 3.24. The Morgan fingerprint density at radius 3 is 2.60 bits per heavy atom. The van der Waals surface area contributed by atoms with E-state index in [0.29, 0.717) is 23.2 Å². The molecule has 0 bridgehead atoms. The minimum absolute atomic E-state index is 0.0385. The van der Waals surface area contributed by atoms with Crippen LogP contribution in [0.5, 0.6) is 17.4 Å². The first-order valence-corrected chi connectivity index (χ1v) is 6.46. The zero-order valence-corrected chi connectivity index (χ0v) is 11.9. The van der Waals surface area contributed by atoms with Crippen molar-refractivity contribution in [1.82, 2.24) is 9.97 Å². The zero-order chi connectivity index (χ0) is 14.5. The number of ether oxygens (including phenoxy) is 2. The summed E-state index contributed by atoms with van der Waals surface area (Å²) < 4.78 is 11.0. The summed E-state index contributed by atoms with van der Waals surface area (Å²) in [4.78, 5) is 8.57. The predicted octanol–water partition coefficient (Wildman–Crippen LogP) is 2.64. The number of rotatable bonds is 5. The fourth-order valence-corrected chi connectivity index (χ4v) is 1.84. The lowest BCUT2D eigenvalue weighted by Crippen LogP contribution is -1.98. The minimum Gasteiger partial charge on any atom is -0.493 e. The Kier molecular flexibility index (Phi) is 4.53. The first-order chi connectivity index (χ1) is 9.66. The second-order valence-corrected chi connectivity index (χ2v) is 4.34. The molecule has 0 aliphatic rings. The van der Waals surface area contributed by atoms with Gasteiger partial charge in [-0.1, -0.05) is 13.0 Å². The number of aliphatic hydroxyl groups is 1. The summed E-state index contributed by atoms with van der Waals surface area (Å²) in [5.74, 6) is 2.28. The summed E-state index contributed by atoms with van der Waals surface area (Å²) >= 11 is 0. The van der Waals surface area contributed by atoms with E-state index in [1.165, 1.54) is 0 Å².